The lowest BCUT2D eigenvalue weighted by Crippen LogP contribution is -2.17. The number of amides is 2. The number of aryl methyl sites for hydroxylation is 1. The summed E-state index contributed by atoms with van der Waals surface area (Å²) in [5.74, 6) is -0.457. The van der Waals surface area contributed by atoms with Crippen LogP contribution in [0.5, 0.6) is 0 Å². The summed E-state index contributed by atoms with van der Waals surface area (Å²) in [6.07, 6.45) is 1.63. The van der Waals surface area contributed by atoms with Gasteiger partial charge in [0.1, 0.15) is 0 Å². The Morgan fingerprint density at radius 2 is 1.83 bits per heavy atom. The van der Waals surface area contributed by atoms with Gasteiger partial charge in [0, 0.05) is 42.2 Å². The van der Waals surface area contributed by atoms with E-state index >= 15 is 0 Å². The molecule has 0 saturated heterocycles. The summed E-state index contributed by atoms with van der Waals surface area (Å²) in [6, 6.07) is 8.62. The summed E-state index contributed by atoms with van der Waals surface area (Å²) in [4.78, 5) is 23.0. The Kier molecular flexibility index (Phi) is 4.95. The fourth-order valence-corrected chi connectivity index (χ4v) is 2.15. The van der Waals surface area contributed by atoms with Gasteiger partial charge in [0.15, 0.2) is 0 Å². The van der Waals surface area contributed by atoms with Crippen LogP contribution in [0.1, 0.15) is 34.2 Å². The van der Waals surface area contributed by atoms with E-state index in [1.165, 1.54) is 6.92 Å². The first kappa shape index (κ1) is 16.5. The lowest BCUT2D eigenvalue weighted by molar-refractivity contribution is -0.114. The fraction of sp³-hybridized carbons (Fsp3) is 0.235. The van der Waals surface area contributed by atoms with Crippen molar-refractivity contribution in [1.29, 1.82) is 0 Å². The van der Waals surface area contributed by atoms with Gasteiger partial charge in [0.05, 0.1) is 6.21 Å². The van der Waals surface area contributed by atoms with Crippen LogP contribution in [0.25, 0.3) is 0 Å². The summed E-state index contributed by atoms with van der Waals surface area (Å²) >= 11 is 0. The molecule has 2 aromatic rings. The summed E-state index contributed by atoms with van der Waals surface area (Å²) in [7, 11) is 1.98. The third-order valence-electron chi connectivity index (χ3n) is 3.65. The average Bonchev–Trinajstić information content (AvgIpc) is 2.74. The Morgan fingerprint density at radius 3 is 2.35 bits per heavy atom. The molecule has 6 heteroatoms. The summed E-state index contributed by atoms with van der Waals surface area (Å²) in [5, 5.41) is 6.64. The van der Waals surface area contributed by atoms with Gasteiger partial charge in [-0.05, 0) is 44.2 Å². The first-order chi connectivity index (χ1) is 10.9. The van der Waals surface area contributed by atoms with Crippen molar-refractivity contribution in [3.05, 3.63) is 52.8 Å². The molecule has 1 aromatic heterocycles. The maximum Gasteiger partial charge on any atom is 0.271 e. The van der Waals surface area contributed by atoms with E-state index in [0.717, 1.165) is 17.0 Å². The largest absolute Gasteiger partial charge is 0.352 e. The number of carbonyl (C=O) groups is 2. The van der Waals surface area contributed by atoms with Gasteiger partial charge in [-0.1, -0.05) is 0 Å². The second-order valence-electron chi connectivity index (χ2n) is 5.34. The SMILES string of the molecule is CC(=O)Nc1ccc(C(=O)NN=Cc2cc(C)n(C)c2C)cc1. The van der Waals surface area contributed by atoms with Crippen LogP contribution < -0.4 is 10.7 Å². The molecule has 0 aliphatic rings. The predicted octanol–water partition coefficient (Wildman–Crippen LogP) is 2.36. The molecule has 23 heavy (non-hydrogen) atoms. The monoisotopic (exact) mass is 312 g/mol. The van der Waals surface area contributed by atoms with E-state index < -0.39 is 0 Å². The highest BCUT2D eigenvalue weighted by molar-refractivity contribution is 5.96. The van der Waals surface area contributed by atoms with E-state index in [1.54, 1.807) is 30.5 Å². The molecule has 0 spiro atoms. The van der Waals surface area contributed by atoms with Gasteiger partial charge < -0.3 is 9.88 Å². The van der Waals surface area contributed by atoms with E-state index in [0.29, 0.717) is 11.3 Å². The number of nitrogens with one attached hydrogen (secondary N) is 2. The molecular weight excluding hydrogens is 292 g/mol. The number of anilines is 1. The van der Waals surface area contributed by atoms with Gasteiger partial charge in [0.2, 0.25) is 5.91 Å². The highest BCUT2D eigenvalue weighted by atomic mass is 16.2. The smallest absolute Gasteiger partial charge is 0.271 e. The second kappa shape index (κ2) is 6.91. The summed E-state index contributed by atoms with van der Waals surface area (Å²) in [5.41, 5.74) is 6.79. The van der Waals surface area contributed by atoms with Crippen molar-refractivity contribution in [2.75, 3.05) is 5.32 Å². The van der Waals surface area contributed by atoms with Crippen molar-refractivity contribution >= 4 is 23.7 Å². The van der Waals surface area contributed by atoms with Crippen molar-refractivity contribution in [2.45, 2.75) is 20.8 Å². The molecule has 1 heterocycles. The minimum atomic E-state index is -0.305. The number of hydrazone groups is 1. The molecular formula is C17H20N4O2. The average molecular weight is 312 g/mol. The molecule has 0 radical (unpaired) electrons. The molecule has 2 N–H and O–H groups in total. The molecule has 0 bridgehead atoms. The quantitative estimate of drug-likeness (QED) is 0.672. The Balaban J connectivity index is 2.00. The number of hydrogen-bond acceptors (Lipinski definition) is 3. The summed E-state index contributed by atoms with van der Waals surface area (Å²) in [6.45, 7) is 5.44. The van der Waals surface area contributed by atoms with Gasteiger partial charge in [0.25, 0.3) is 5.91 Å². The molecule has 2 rings (SSSR count). The number of carbonyl (C=O) groups excluding carboxylic acids is 2. The molecule has 120 valence electrons. The van der Waals surface area contributed by atoms with E-state index in [2.05, 4.69) is 20.4 Å². The lowest BCUT2D eigenvalue weighted by Gasteiger charge is -2.03. The third kappa shape index (κ3) is 4.06. The van der Waals surface area contributed by atoms with E-state index in [1.807, 2.05) is 27.0 Å². The first-order valence-corrected chi connectivity index (χ1v) is 7.22. The molecule has 1 aromatic carbocycles. The highest BCUT2D eigenvalue weighted by Gasteiger charge is 2.06. The zero-order valence-corrected chi connectivity index (χ0v) is 13.7. The number of aromatic nitrogens is 1. The highest BCUT2D eigenvalue weighted by Crippen LogP contribution is 2.11. The lowest BCUT2D eigenvalue weighted by atomic mass is 10.2. The number of benzene rings is 1. The Hall–Kier alpha value is -2.89. The van der Waals surface area contributed by atoms with Crippen LogP contribution in [-0.4, -0.2) is 22.6 Å². The Labute approximate surface area is 135 Å². The van der Waals surface area contributed by atoms with Crippen LogP contribution in [0.15, 0.2) is 35.4 Å². The topological polar surface area (TPSA) is 75.5 Å². The van der Waals surface area contributed by atoms with Crippen molar-refractivity contribution in [3.63, 3.8) is 0 Å². The number of nitrogens with zero attached hydrogens (tertiary/aromatic N) is 2. The molecule has 2 amide bonds. The van der Waals surface area contributed by atoms with Crippen molar-refractivity contribution < 1.29 is 9.59 Å². The van der Waals surface area contributed by atoms with Gasteiger partial charge >= 0.3 is 0 Å². The van der Waals surface area contributed by atoms with Crippen LogP contribution in [0.4, 0.5) is 5.69 Å². The minimum absolute atomic E-state index is 0.152. The zero-order valence-electron chi connectivity index (χ0n) is 13.7. The normalized spacial score (nSPS) is 10.8. The molecule has 0 aliphatic heterocycles. The van der Waals surface area contributed by atoms with Gasteiger partial charge in [-0.15, -0.1) is 0 Å². The molecule has 0 aliphatic carbocycles. The van der Waals surface area contributed by atoms with Gasteiger partial charge in [-0.25, -0.2) is 5.43 Å². The maximum atomic E-state index is 12.0. The summed E-state index contributed by atoms with van der Waals surface area (Å²) < 4.78 is 2.06. The molecule has 0 unspecified atom stereocenters. The van der Waals surface area contributed by atoms with Crippen LogP contribution in [0.2, 0.25) is 0 Å². The van der Waals surface area contributed by atoms with E-state index in [-0.39, 0.29) is 11.8 Å². The Morgan fingerprint density at radius 1 is 1.17 bits per heavy atom. The first-order valence-electron chi connectivity index (χ1n) is 7.22. The second-order valence-corrected chi connectivity index (χ2v) is 5.34. The van der Waals surface area contributed by atoms with Crippen molar-refractivity contribution in [3.8, 4) is 0 Å². The zero-order chi connectivity index (χ0) is 17.0. The van der Waals surface area contributed by atoms with E-state index in [9.17, 15) is 9.59 Å². The number of rotatable bonds is 4. The van der Waals surface area contributed by atoms with Gasteiger partial charge in [-0.3, -0.25) is 9.59 Å². The van der Waals surface area contributed by atoms with Crippen molar-refractivity contribution in [1.82, 2.24) is 9.99 Å². The van der Waals surface area contributed by atoms with Gasteiger partial charge in [-0.2, -0.15) is 5.10 Å². The molecule has 0 atom stereocenters. The van der Waals surface area contributed by atoms with Crippen LogP contribution in [-0.2, 0) is 11.8 Å². The minimum Gasteiger partial charge on any atom is -0.352 e. The number of hydrogen-bond donors (Lipinski definition) is 2. The van der Waals surface area contributed by atoms with Crippen LogP contribution in [0.3, 0.4) is 0 Å². The third-order valence-corrected chi connectivity index (χ3v) is 3.65. The molecule has 6 nitrogen and oxygen atoms in total. The standard InChI is InChI=1S/C17H20N4O2/c1-11-9-15(12(2)21(11)4)10-18-20-17(23)14-5-7-16(8-6-14)19-13(3)22/h5-10H,1-4H3,(H,19,22)(H,20,23). The van der Waals surface area contributed by atoms with Crippen LogP contribution in [0, 0.1) is 13.8 Å². The Bertz CT molecular complexity index is 758. The molecule has 0 saturated carbocycles. The maximum absolute atomic E-state index is 12.0. The van der Waals surface area contributed by atoms with Crippen LogP contribution >= 0.6 is 0 Å². The molecule has 0 fully saturated rings. The van der Waals surface area contributed by atoms with E-state index in [4.69, 9.17) is 0 Å². The van der Waals surface area contributed by atoms with Crippen molar-refractivity contribution in [2.24, 2.45) is 12.1 Å². The predicted molar refractivity (Wildman–Crippen MR) is 90.7 cm³/mol. The fourth-order valence-electron chi connectivity index (χ4n) is 2.15.